The van der Waals surface area contributed by atoms with Gasteiger partial charge in [0, 0.05) is 0 Å². The molecule has 0 nitrogen and oxygen atoms in total. The number of allylic oxidation sites excluding steroid dienone is 2. The van der Waals surface area contributed by atoms with Gasteiger partial charge in [0.05, 0.1) is 0 Å². The van der Waals surface area contributed by atoms with E-state index in [1.165, 1.54) is 64.2 Å². The quantitative estimate of drug-likeness (QED) is 0.227. The molecule has 0 aliphatic heterocycles. The van der Waals surface area contributed by atoms with E-state index in [0.717, 1.165) is 6.42 Å². The highest BCUT2D eigenvalue weighted by molar-refractivity contribution is 7.22. The summed E-state index contributed by atoms with van der Waals surface area (Å²) in [5, 5.41) is 0. The van der Waals surface area contributed by atoms with Crippen LogP contribution in [0.2, 0.25) is 0 Å². The Labute approximate surface area is 132 Å². The molecule has 3 heteroatoms. The van der Waals surface area contributed by atoms with Crippen LogP contribution in [0.5, 0.6) is 0 Å². The molecule has 0 saturated heterocycles. The van der Waals surface area contributed by atoms with E-state index in [-0.39, 0.29) is 0 Å². The molecule has 0 heterocycles. The molecule has 105 valence electrons. The average molecular weight is 305 g/mol. The summed E-state index contributed by atoms with van der Waals surface area (Å²) in [5.41, 5.74) is 0. The van der Waals surface area contributed by atoms with Crippen LogP contribution in [0.3, 0.4) is 0 Å². The third kappa shape index (κ3) is 25.8. The van der Waals surface area contributed by atoms with Crippen molar-refractivity contribution in [1.29, 1.82) is 0 Å². The van der Waals surface area contributed by atoms with E-state index >= 15 is 0 Å². The van der Waals surface area contributed by atoms with Gasteiger partial charge in [0.15, 0.2) is 0 Å². The molecule has 0 amide bonds. The molecule has 0 N–H and O–H groups in total. The first-order chi connectivity index (χ1) is 8.83. The molecule has 0 atom stereocenters. The van der Waals surface area contributed by atoms with E-state index in [2.05, 4.69) is 26.0 Å². The average Bonchev–Trinajstić information content (AvgIpc) is 2.37. The molecular weight excluding hydrogens is 275 g/mol. The van der Waals surface area contributed by atoms with Crippen molar-refractivity contribution in [1.82, 2.24) is 0 Å². The second-order valence-electron chi connectivity index (χ2n) is 4.48. The van der Waals surface area contributed by atoms with Crippen LogP contribution in [0, 0.1) is 6.92 Å². The number of unbranched alkanes of at least 4 members (excludes halogenated alkanes) is 9. The molecule has 0 bridgehead atoms. The second-order valence-corrected chi connectivity index (χ2v) is 7.10. The summed E-state index contributed by atoms with van der Waals surface area (Å²) in [6.45, 7) is 6.12. The number of hydrogen-bond acceptors (Lipinski definition) is 0. The van der Waals surface area contributed by atoms with E-state index in [9.17, 15) is 0 Å². The van der Waals surface area contributed by atoms with Crippen LogP contribution in [-0.2, 0) is 0 Å². The largest absolute Gasteiger partial charge is 0.618 e. The van der Waals surface area contributed by atoms with Crippen LogP contribution in [0.15, 0.2) is 12.2 Å². The van der Waals surface area contributed by atoms with Crippen LogP contribution in [0.4, 0.5) is 0 Å². The Morgan fingerprint density at radius 3 is 1.72 bits per heavy atom. The molecule has 0 aromatic heterocycles. The lowest BCUT2D eigenvalue weighted by Gasteiger charge is -1.96. The summed E-state index contributed by atoms with van der Waals surface area (Å²) in [4.78, 5) is 0. The SMILES string of the molecule is [CH2]CCCCCC/C=C\CCCCCC.[Cl][Mg][Cl]. The molecule has 0 spiro atoms. The van der Waals surface area contributed by atoms with Crippen molar-refractivity contribution in [2.24, 2.45) is 0 Å². The van der Waals surface area contributed by atoms with Crippen molar-refractivity contribution in [3.8, 4) is 0 Å². The third-order valence-electron chi connectivity index (χ3n) is 2.76. The Morgan fingerprint density at radius 2 is 1.28 bits per heavy atom. The van der Waals surface area contributed by atoms with Crippen molar-refractivity contribution in [2.45, 2.75) is 77.6 Å². The Balaban J connectivity index is 0. The van der Waals surface area contributed by atoms with Gasteiger partial charge >= 0.3 is 18.2 Å². The van der Waals surface area contributed by atoms with Gasteiger partial charge in [-0.05, 0) is 25.7 Å². The van der Waals surface area contributed by atoms with Gasteiger partial charge < -0.3 is 18.1 Å². The van der Waals surface area contributed by atoms with Crippen LogP contribution < -0.4 is 0 Å². The van der Waals surface area contributed by atoms with Gasteiger partial charge in [-0.15, -0.1) is 0 Å². The molecule has 0 aromatic rings. The Hall–Kier alpha value is 1.09. The molecule has 0 aliphatic carbocycles. The summed E-state index contributed by atoms with van der Waals surface area (Å²) in [6, 6.07) is 0. The summed E-state index contributed by atoms with van der Waals surface area (Å²) < 4.78 is 0. The Morgan fingerprint density at radius 1 is 0.833 bits per heavy atom. The maximum absolute atomic E-state index is 4.90. The lowest BCUT2D eigenvalue weighted by Crippen LogP contribution is -1.77. The molecule has 0 unspecified atom stereocenters. The fraction of sp³-hybridized carbons (Fsp3) is 0.800. The number of hydrogen-bond donors (Lipinski definition) is 0. The van der Waals surface area contributed by atoms with Crippen LogP contribution in [0.1, 0.15) is 77.6 Å². The van der Waals surface area contributed by atoms with Crippen molar-refractivity contribution < 1.29 is 0 Å². The zero-order valence-electron chi connectivity index (χ0n) is 12.1. The van der Waals surface area contributed by atoms with Crippen LogP contribution >= 0.6 is 18.1 Å². The van der Waals surface area contributed by atoms with E-state index in [1.54, 1.807) is 0 Å². The fourth-order valence-electron chi connectivity index (χ4n) is 1.72. The zero-order chi connectivity index (χ0) is 13.9. The van der Waals surface area contributed by atoms with Crippen molar-refractivity contribution in [3.63, 3.8) is 0 Å². The lowest BCUT2D eigenvalue weighted by atomic mass is 10.1. The molecule has 0 aliphatic rings. The van der Waals surface area contributed by atoms with Gasteiger partial charge in [0.2, 0.25) is 0 Å². The topological polar surface area (TPSA) is 0 Å². The van der Waals surface area contributed by atoms with Crippen LogP contribution in [-0.4, -0.2) is 18.2 Å². The Kier molecular flexibility index (Phi) is 27.6. The molecule has 0 rings (SSSR count). The lowest BCUT2D eigenvalue weighted by molar-refractivity contribution is 0.649. The predicted octanol–water partition coefficient (Wildman–Crippen LogP) is 6.69. The summed E-state index contributed by atoms with van der Waals surface area (Å²) in [7, 11) is 9.81. The first-order valence-electron chi connectivity index (χ1n) is 7.39. The highest BCUT2D eigenvalue weighted by Crippen LogP contribution is 2.07. The van der Waals surface area contributed by atoms with E-state index in [1.807, 2.05) is 0 Å². The summed E-state index contributed by atoms with van der Waals surface area (Å²) >= 11 is -0.639. The molecule has 0 fully saturated rings. The van der Waals surface area contributed by atoms with Gasteiger partial charge in [0.1, 0.15) is 0 Å². The highest BCUT2D eigenvalue weighted by atomic mass is 35.6. The van der Waals surface area contributed by atoms with E-state index in [4.69, 9.17) is 18.1 Å². The second kappa shape index (κ2) is 23.2. The molecule has 0 saturated carbocycles. The predicted molar refractivity (Wildman–Crippen MR) is 88.4 cm³/mol. The minimum atomic E-state index is -0.639. The van der Waals surface area contributed by atoms with Gasteiger partial charge in [-0.25, -0.2) is 0 Å². The van der Waals surface area contributed by atoms with Crippen molar-refractivity contribution in [3.05, 3.63) is 19.1 Å². The first kappa shape index (κ1) is 21.4. The normalized spacial score (nSPS) is 10.0. The molecule has 1 radical (unpaired) electrons. The number of rotatable bonds is 11. The van der Waals surface area contributed by atoms with Gasteiger partial charge in [0.25, 0.3) is 0 Å². The number of halogens is 2. The Bertz CT molecular complexity index is 149. The van der Waals surface area contributed by atoms with Gasteiger partial charge in [-0.2, -0.15) is 0 Å². The maximum atomic E-state index is 4.90. The maximum Gasteiger partial charge on any atom is 0.618 e. The van der Waals surface area contributed by atoms with Crippen LogP contribution in [0.25, 0.3) is 0 Å². The molecule has 0 aromatic carbocycles. The van der Waals surface area contributed by atoms with Crippen molar-refractivity contribution in [2.75, 3.05) is 0 Å². The minimum Gasteiger partial charge on any atom is -0.309 e. The monoisotopic (exact) mass is 303 g/mol. The molecular formula is C15H29Cl2Mg. The zero-order valence-corrected chi connectivity index (χ0v) is 15.0. The van der Waals surface area contributed by atoms with Gasteiger partial charge in [-0.3, -0.25) is 0 Å². The third-order valence-corrected chi connectivity index (χ3v) is 2.76. The van der Waals surface area contributed by atoms with E-state index < -0.39 is 18.2 Å². The smallest absolute Gasteiger partial charge is 0.309 e. The standard InChI is InChI=1S/C15H29.2ClH.Mg/c1-3-5-7-9-11-13-15-14-12-10-8-6-4-2;;;/h14-15H,1,3-13H2,2H3;2*1H;/q;;;+2/p-2/b15-14-;;;. The van der Waals surface area contributed by atoms with Gasteiger partial charge in [-0.1, -0.05) is 70.9 Å². The summed E-state index contributed by atoms with van der Waals surface area (Å²) in [6.07, 6.45) is 19.4. The minimum absolute atomic E-state index is 0.639. The van der Waals surface area contributed by atoms with Crippen molar-refractivity contribution >= 4 is 36.3 Å². The molecule has 18 heavy (non-hydrogen) atoms. The van der Waals surface area contributed by atoms with E-state index in [0.29, 0.717) is 0 Å². The summed E-state index contributed by atoms with van der Waals surface area (Å²) in [5.74, 6) is 0. The highest BCUT2D eigenvalue weighted by Gasteiger charge is 1.87. The first-order valence-corrected chi connectivity index (χ1v) is 11.7. The fourth-order valence-corrected chi connectivity index (χ4v) is 1.72.